The predicted molar refractivity (Wildman–Crippen MR) is 67.4 cm³/mol. The highest BCUT2D eigenvalue weighted by Crippen LogP contribution is 2.12. The molecule has 0 aliphatic carbocycles. The van der Waals surface area contributed by atoms with Crippen LogP contribution in [0.1, 0.15) is 5.56 Å². The number of ether oxygens (including phenoxy) is 3. The van der Waals surface area contributed by atoms with E-state index >= 15 is 0 Å². The van der Waals surface area contributed by atoms with E-state index in [2.05, 4.69) is 11.4 Å². The Balaban J connectivity index is 2.34. The molecule has 0 fully saturated rings. The van der Waals surface area contributed by atoms with Crippen LogP contribution in [0, 0.1) is 0 Å². The highest BCUT2D eigenvalue weighted by Gasteiger charge is 2.05. The molecule has 4 nitrogen and oxygen atoms in total. The van der Waals surface area contributed by atoms with Gasteiger partial charge < -0.3 is 19.5 Å². The molecule has 1 aromatic carbocycles. The van der Waals surface area contributed by atoms with Crippen molar-refractivity contribution in [2.45, 2.75) is 12.6 Å². The molecule has 0 aromatic heterocycles. The molecule has 0 spiro atoms. The van der Waals surface area contributed by atoms with Gasteiger partial charge in [0, 0.05) is 27.3 Å². The SMILES string of the molecule is COCC(CNCc1cccc(OC)c1)OC. The number of methoxy groups -OCH3 is 3. The molecule has 1 N–H and O–H groups in total. The zero-order valence-electron chi connectivity index (χ0n) is 10.7. The Morgan fingerprint density at radius 2 is 2.06 bits per heavy atom. The Hall–Kier alpha value is -1.10. The van der Waals surface area contributed by atoms with Gasteiger partial charge in [0.05, 0.1) is 19.8 Å². The smallest absolute Gasteiger partial charge is 0.119 e. The maximum atomic E-state index is 5.26. The van der Waals surface area contributed by atoms with E-state index in [1.54, 1.807) is 21.3 Å². The van der Waals surface area contributed by atoms with Crippen molar-refractivity contribution < 1.29 is 14.2 Å². The summed E-state index contributed by atoms with van der Waals surface area (Å²) in [6, 6.07) is 8.00. The molecule has 0 aliphatic rings. The first-order valence-electron chi connectivity index (χ1n) is 5.65. The van der Waals surface area contributed by atoms with Crippen LogP contribution in [0.4, 0.5) is 0 Å². The van der Waals surface area contributed by atoms with E-state index < -0.39 is 0 Å². The summed E-state index contributed by atoms with van der Waals surface area (Å²) in [6.07, 6.45) is 0.0885. The van der Waals surface area contributed by atoms with E-state index in [4.69, 9.17) is 14.2 Å². The van der Waals surface area contributed by atoms with Gasteiger partial charge in [0.1, 0.15) is 5.75 Å². The molecule has 0 aliphatic heterocycles. The van der Waals surface area contributed by atoms with E-state index in [9.17, 15) is 0 Å². The standard InChI is InChI=1S/C13H21NO3/c1-15-10-13(17-3)9-14-8-11-5-4-6-12(7-11)16-2/h4-7,13-14H,8-10H2,1-3H3. The Morgan fingerprint density at radius 1 is 1.24 bits per heavy atom. The van der Waals surface area contributed by atoms with Crippen LogP contribution in [0.15, 0.2) is 24.3 Å². The third-order valence-electron chi connectivity index (χ3n) is 2.52. The van der Waals surface area contributed by atoms with Crippen molar-refractivity contribution in [3.05, 3.63) is 29.8 Å². The van der Waals surface area contributed by atoms with Crippen LogP contribution < -0.4 is 10.1 Å². The summed E-state index contributed by atoms with van der Waals surface area (Å²) in [4.78, 5) is 0. The van der Waals surface area contributed by atoms with Crippen LogP contribution in [0.25, 0.3) is 0 Å². The van der Waals surface area contributed by atoms with Crippen molar-refractivity contribution in [1.29, 1.82) is 0 Å². The summed E-state index contributed by atoms with van der Waals surface area (Å²) in [5.41, 5.74) is 1.19. The van der Waals surface area contributed by atoms with Gasteiger partial charge in [-0.3, -0.25) is 0 Å². The first kappa shape index (κ1) is 14.0. The fourth-order valence-electron chi connectivity index (χ4n) is 1.56. The van der Waals surface area contributed by atoms with Crippen LogP contribution in [-0.4, -0.2) is 40.6 Å². The lowest BCUT2D eigenvalue weighted by atomic mass is 10.2. The van der Waals surface area contributed by atoms with Gasteiger partial charge in [0.2, 0.25) is 0 Å². The van der Waals surface area contributed by atoms with Crippen molar-refractivity contribution >= 4 is 0 Å². The number of nitrogens with one attached hydrogen (secondary N) is 1. The van der Waals surface area contributed by atoms with Gasteiger partial charge in [0.25, 0.3) is 0 Å². The third kappa shape index (κ3) is 5.17. The van der Waals surface area contributed by atoms with E-state index in [1.807, 2.05) is 18.2 Å². The van der Waals surface area contributed by atoms with E-state index in [-0.39, 0.29) is 6.10 Å². The maximum absolute atomic E-state index is 5.26. The minimum atomic E-state index is 0.0885. The zero-order chi connectivity index (χ0) is 12.5. The van der Waals surface area contributed by atoms with Crippen LogP contribution in [-0.2, 0) is 16.0 Å². The summed E-state index contributed by atoms with van der Waals surface area (Å²) >= 11 is 0. The maximum Gasteiger partial charge on any atom is 0.119 e. The first-order valence-corrected chi connectivity index (χ1v) is 5.65. The van der Waals surface area contributed by atoms with Crippen LogP contribution >= 0.6 is 0 Å². The second kappa shape index (κ2) is 8.06. The van der Waals surface area contributed by atoms with Gasteiger partial charge in [-0.15, -0.1) is 0 Å². The largest absolute Gasteiger partial charge is 0.497 e. The quantitative estimate of drug-likeness (QED) is 0.745. The Morgan fingerprint density at radius 3 is 2.71 bits per heavy atom. The minimum absolute atomic E-state index is 0.0885. The summed E-state index contributed by atoms with van der Waals surface area (Å²) < 4.78 is 15.5. The molecule has 0 bridgehead atoms. The molecule has 0 radical (unpaired) electrons. The monoisotopic (exact) mass is 239 g/mol. The summed E-state index contributed by atoms with van der Waals surface area (Å²) in [6.45, 7) is 2.16. The number of hydrogen-bond donors (Lipinski definition) is 1. The summed E-state index contributed by atoms with van der Waals surface area (Å²) in [7, 11) is 5.04. The van der Waals surface area contributed by atoms with Crippen LogP contribution in [0.3, 0.4) is 0 Å². The molecule has 1 unspecified atom stereocenters. The van der Waals surface area contributed by atoms with Gasteiger partial charge in [-0.05, 0) is 17.7 Å². The van der Waals surface area contributed by atoms with Crippen LogP contribution in [0.2, 0.25) is 0 Å². The molecule has 0 amide bonds. The fraction of sp³-hybridized carbons (Fsp3) is 0.538. The first-order chi connectivity index (χ1) is 8.30. The van der Waals surface area contributed by atoms with Crippen molar-refractivity contribution in [3.8, 4) is 5.75 Å². The molecule has 0 saturated carbocycles. The minimum Gasteiger partial charge on any atom is -0.497 e. The molecular formula is C13H21NO3. The van der Waals surface area contributed by atoms with Gasteiger partial charge >= 0.3 is 0 Å². The van der Waals surface area contributed by atoms with Crippen molar-refractivity contribution in [2.24, 2.45) is 0 Å². The van der Waals surface area contributed by atoms with Gasteiger partial charge in [-0.25, -0.2) is 0 Å². The number of hydrogen-bond acceptors (Lipinski definition) is 4. The highest BCUT2D eigenvalue weighted by molar-refractivity contribution is 5.28. The molecule has 17 heavy (non-hydrogen) atoms. The predicted octanol–water partition coefficient (Wildman–Crippen LogP) is 1.45. The van der Waals surface area contributed by atoms with Gasteiger partial charge in [-0.1, -0.05) is 12.1 Å². The fourth-order valence-corrected chi connectivity index (χ4v) is 1.56. The molecule has 0 saturated heterocycles. The Bertz CT molecular complexity index is 317. The molecule has 96 valence electrons. The lowest BCUT2D eigenvalue weighted by Gasteiger charge is -2.15. The van der Waals surface area contributed by atoms with Crippen molar-refractivity contribution in [2.75, 3.05) is 34.5 Å². The van der Waals surface area contributed by atoms with Gasteiger partial charge in [0.15, 0.2) is 0 Å². The number of benzene rings is 1. The van der Waals surface area contributed by atoms with Crippen molar-refractivity contribution in [1.82, 2.24) is 5.32 Å². The lowest BCUT2D eigenvalue weighted by Crippen LogP contribution is -2.31. The van der Waals surface area contributed by atoms with E-state index in [0.717, 1.165) is 18.8 Å². The average Bonchev–Trinajstić information content (AvgIpc) is 2.38. The average molecular weight is 239 g/mol. The second-order valence-corrected chi connectivity index (χ2v) is 3.80. The number of rotatable bonds is 8. The Labute approximate surface area is 103 Å². The second-order valence-electron chi connectivity index (χ2n) is 3.80. The van der Waals surface area contributed by atoms with E-state index in [0.29, 0.717) is 6.61 Å². The highest BCUT2D eigenvalue weighted by atomic mass is 16.5. The van der Waals surface area contributed by atoms with E-state index in [1.165, 1.54) is 5.56 Å². The molecule has 1 aromatic rings. The third-order valence-corrected chi connectivity index (χ3v) is 2.52. The Kier molecular flexibility index (Phi) is 6.62. The van der Waals surface area contributed by atoms with Crippen molar-refractivity contribution in [3.63, 3.8) is 0 Å². The zero-order valence-corrected chi connectivity index (χ0v) is 10.7. The topological polar surface area (TPSA) is 39.7 Å². The lowest BCUT2D eigenvalue weighted by molar-refractivity contribution is 0.0288. The van der Waals surface area contributed by atoms with Gasteiger partial charge in [-0.2, -0.15) is 0 Å². The van der Waals surface area contributed by atoms with Crippen LogP contribution in [0.5, 0.6) is 5.75 Å². The molecular weight excluding hydrogens is 218 g/mol. The molecule has 4 heteroatoms. The summed E-state index contributed by atoms with van der Waals surface area (Å²) in [5.74, 6) is 0.879. The molecule has 1 rings (SSSR count). The molecule has 1 atom stereocenters. The normalized spacial score (nSPS) is 12.4. The molecule has 0 heterocycles. The summed E-state index contributed by atoms with van der Waals surface area (Å²) in [5, 5.41) is 3.33.